The second-order valence-corrected chi connectivity index (χ2v) is 8.49. The normalized spacial score (nSPS) is 18.8. The molecular formula is C23H17ClF3N3O4. The van der Waals surface area contributed by atoms with E-state index in [0.717, 1.165) is 26.8 Å². The number of benzene rings is 2. The first-order valence-electron chi connectivity index (χ1n) is 10.4. The van der Waals surface area contributed by atoms with E-state index in [-0.39, 0.29) is 18.9 Å². The molecule has 0 bridgehead atoms. The molecule has 2 atom stereocenters. The summed E-state index contributed by atoms with van der Waals surface area (Å²) in [7, 11) is 0. The summed E-state index contributed by atoms with van der Waals surface area (Å²) in [6.07, 6.45) is -5.80. The molecule has 0 unspecified atom stereocenters. The summed E-state index contributed by atoms with van der Waals surface area (Å²) >= 11 is 5.95. The van der Waals surface area contributed by atoms with E-state index in [1.54, 1.807) is 0 Å². The third-order valence-electron chi connectivity index (χ3n) is 6.14. The number of imidazole rings is 1. The predicted molar refractivity (Wildman–Crippen MR) is 116 cm³/mol. The van der Waals surface area contributed by atoms with Crippen LogP contribution in [0.25, 0.3) is 11.1 Å². The minimum absolute atomic E-state index is 0.0568. The number of anilines is 1. The van der Waals surface area contributed by atoms with E-state index in [9.17, 15) is 27.9 Å². The Morgan fingerprint density at radius 1 is 1.12 bits per heavy atom. The van der Waals surface area contributed by atoms with Gasteiger partial charge >= 0.3 is 18.2 Å². The Balaban J connectivity index is 1.37. The summed E-state index contributed by atoms with van der Waals surface area (Å²) < 4.78 is 45.6. The van der Waals surface area contributed by atoms with Gasteiger partial charge in [0.15, 0.2) is 11.5 Å². The number of aromatic nitrogens is 2. The number of alkyl halides is 3. The van der Waals surface area contributed by atoms with Crippen LogP contribution in [0.5, 0.6) is 0 Å². The van der Waals surface area contributed by atoms with E-state index >= 15 is 0 Å². The molecule has 7 nitrogen and oxygen atoms in total. The van der Waals surface area contributed by atoms with Gasteiger partial charge in [0, 0.05) is 5.92 Å². The number of halogens is 4. The summed E-state index contributed by atoms with van der Waals surface area (Å²) in [5.74, 6) is -3.93. The first kappa shape index (κ1) is 22.3. The number of carboxylic acid groups (broad SMARTS) is 1. The molecule has 2 aliphatic rings. The lowest BCUT2D eigenvalue weighted by molar-refractivity contribution is -0.150. The number of ether oxygens (including phenoxy) is 1. The molecule has 1 amide bonds. The van der Waals surface area contributed by atoms with E-state index in [4.69, 9.17) is 16.3 Å². The number of fused-ring (bicyclic) bond motifs is 3. The molecule has 1 aromatic heterocycles. The summed E-state index contributed by atoms with van der Waals surface area (Å²) in [5, 5.41) is 11.2. The molecule has 0 spiro atoms. The summed E-state index contributed by atoms with van der Waals surface area (Å²) in [4.78, 5) is 27.8. The lowest BCUT2D eigenvalue weighted by atomic mass is 9.98. The number of carboxylic acids is 1. The quantitative estimate of drug-likeness (QED) is 0.476. The summed E-state index contributed by atoms with van der Waals surface area (Å²) in [5.41, 5.74) is 3.34. The van der Waals surface area contributed by atoms with Crippen molar-refractivity contribution in [1.82, 2.24) is 9.55 Å². The lowest BCUT2D eigenvalue weighted by Crippen LogP contribution is -2.22. The highest BCUT2D eigenvalue weighted by Crippen LogP contribution is 2.55. The average molecular weight is 492 g/mol. The van der Waals surface area contributed by atoms with Gasteiger partial charge in [-0.1, -0.05) is 48.5 Å². The van der Waals surface area contributed by atoms with E-state index in [1.807, 2.05) is 48.5 Å². The average Bonchev–Trinajstić information content (AvgIpc) is 3.44. The topological polar surface area (TPSA) is 93.5 Å². The van der Waals surface area contributed by atoms with Crippen molar-refractivity contribution in [2.24, 2.45) is 5.92 Å². The van der Waals surface area contributed by atoms with Gasteiger partial charge in [0.1, 0.15) is 6.61 Å². The van der Waals surface area contributed by atoms with Crippen LogP contribution in [0.4, 0.5) is 23.8 Å². The van der Waals surface area contributed by atoms with Gasteiger partial charge < -0.3 is 9.84 Å². The lowest BCUT2D eigenvalue weighted by Gasteiger charge is -2.16. The van der Waals surface area contributed by atoms with Gasteiger partial charge in [-0.2, -0.15) is 13.2 Å². The number of nitrogens with zero attached hydrogens (tertiary/aromatic N) is 2. The molecule has 3 aromatic rings. The third kappa shape index (κ3) is 3.77. The standard InChI is InChI=1S/C23H17ClF3N3O4/c24-21-28-18(20(31)32)19(30(21)17-9-16(17)23(25,26)27)29-22(33)34-10-15-13-7-3-1-5-11(13)12-6-2-4-8-14(12)15/h1-8,15-17H,9-10H2,(H,29,33)(H,31,32)/t16-,17-/m1/s1. The number of hydrogen-bond acceptors (Lipinski definition) is 4. The largest absolute Gasteiger partial charge is 0.476 e. The van der Waals surface area contributed by atoms with Crippen LogP contribution in [0.1, 0.15) is 40.0 Å². The Bertz CT molecular complexity index is 1260. The van der Waals surface area contributed by atoms with Crippen molar-refractivity contribution in [2.45, 2.75) is 24.6 Å². The molecule has 5 rings (SSSR count). The molecule has 34 heavy (non-hydrogen) atoms. The third-order valence-corrected chi connectivity index (χ3v) is 6.41. The Hall–Kier alpha value is -3.53. The van der Waals surface area contributed by atoms with Crippen LogP contribution in [0.2, 0.25) is 5.28 Å². The van der Waals surface area contributed by atoms with Gasteiger partial charge in [-0.25, -0.2) is 14.6 Å². The molecular weight excluding hydrogens is 475 g/mol. The summed E-state index contributed by atoms with van der Waals surface area (Å²) in [6.45, 7) is -0.0568. The predicted octanol–water partition coefficient (Wildman–Crippen LogP) is 5.72. The second kappa shape index (κ2) is 8.05. The fraction of sp³-hybridized carbons (Fsp3) is 0.261. The number of hydrogen-bond donors (Lipinski definition) is 2. The maximum atomic E-state index is 13.1. The van der Waals surface area contributed by atoms with E-state index < -0.39 is 47.0 Å². The van der Waals surface area contributed by atoms with Gasteiger partial charge in [-0.05, 0) is 40.3 Å². The van der Waals surface area contributed by atoms with Crippen LogP contribution in [-0.2, 0) is 4.74 Å². The molecule has 176 valence electrons. The minimum Gasteiger partial charge on any atom is -0.476 e. The maximum Gasteiger partial charge on any atom is 0.412 e. The smallest absolute Gasteiger partial charge is 0.412 e. The van der Waals surface area contributed by atoms with Crippen molar-refractivity contribution in [3.8, 4) is 11.1 Å². The van der Waals surface area contributed by atoms with Gasteiger partial charge in [0.2, 0.25) is 5.28 Å². The van der Waals surface area contributed by atoms with E-state index in [2.05, 4.69) is 10.3 Å². The molecule has 11 heteroatoms. The zero-order valence-corrected chi connectivity index (χ0v) is 18.1. The van der Waals surface area contributed by atoms with Crippen molar-refractivity contribution in [1.29, 1.82) is 0 Å². The second-order valence-electron chi connectivity index (χ2n) is 8.15. The molecule has 2 aliphatic carbocycles. The molecule has 0 radical (unpaired) electrons. The Morgan fingerprint density at radius 2 is 1.71 bits per heavy atom. The first-order valence-corrected chi connectivity index (χ1v) is 10.7. The van der Waals surface area contributed by atoms with Crippen molar-refractivity contribution in [2.75, 3.05) is 11.9 Å². The molecule has 2 N–H and O–H groups in total. The number of nitrogens with one attached hydrogen (secondary N) is 1. The van der Waals surface area contributed by atoms with Crippen LogP contribution < -0.4 is 5.32 Å². The number of aromatic carboxylic acids is 1. The highest BCUT2D eigenvalue weighted by molar-refractivity contribution is 6.29. The van der Waals surface area contributed by atoms with Crippen LogP contribution >= 0.6 is 11.6 Å². The highest BCUT2D eigenvalue weighted by atomic mass is 35.5. The van der Waals surface area contributed by atoms with Crippen molar-refractivity contribution in [3.63, 3.8) is 0 Å². The molecule has 1 heterocycles. The number of carbonyl (C=O) groups excluding carboxylic acids is 1. The highest BCUT2D eigenvalue weighted by Gasteiger charge is 2.58. The zero-order chi connectivity index (χ0) is 24.2. The number of rotatable bonds is 5. The van der Waals surface area contributed by atoms with E-state index in [0.29, 0.717) is 0 Å². The molecule has 1 fully saturated rings. The van der Waals surface area contributed by atoms with Crippen LogP contribution in [-0.4, -0.2) is 39.5 Å². The van der Waals surface area contributed by atoms with Gasteiger partial charge in [-0.15, -0.1) is 0 Å². The Kier molecular flexibility index (Phi) is 5.27. The van der Waals surface area contributed by atoms with Crippen LogP contribution in [0.3, 0.4) is 0 Å². The molecule has 1 saturated carbocycles. The van der Waals surface area contributed by atoms with Crippen molar-refractivity contribution < 1.29 is 32.6 Å². The molecule has 0 saturated heterocycles. The SMILES string of the molecule is O=C(Nc1c(C(=O)O)nc(Cl)n1[C@@H]1C[C@H]1C(F)(F)F)OCC1c2ccccc2-c2ccccc21. The molecule has 0 aliphatic heterocycles. The number of carbonyl (C=O) groups is 2. The van der Waals surface area contributed by atoms with Crippen molar-refractivity contribution in [3.05, 3.63) is 70.6 Å². The van der Waals surface area contributed by atoms with Crippen LogP contribution in [0.15, 0.2) is 48.5 Å². The van der Waals surface area contributed by atoms with Gasteiger partial charge in [-0.3, -0.25) is 9.88 Å². The first-order chi connectivity index (χ1) is 16.2. The fourth-order valence-electron chi connectivity index (χ4n) is 4.53. The van der Waals surface area contributed by atoms with E-state index in [1.165, 1.54) is 0 Å². The van der Waals surface area contributed by atoms with Crippen molar-refractivity contribution >= 4 is 29.5 Å². The Labute approximate surface area is 196 Å². The monoisotopic (exact) mass is 491 g/mol. The summed E-state index contributed by atoms with van der Waals surface area (Å²) in [6, 6.07) is 14.2. The van der Waals surface area contributed by atoms with Gasteiger partial charge in [0.05, 0.1) is 12.0 Å². The maximum absolute atomic E-state index is 13.1. The van der Waals surface area contributed by atoms with Gasteiger partial charge in [0.25, 0.3) is 0 Å². The minimum atomic E-state index is -4.48. The van der Waals surface area contributed by atoms with Crippen LogP contribution in [0, 0.1) is 5.92 Å². The zero-order valence-electron chi connectivity index (χ0n) is 17.3. The Morgan fingerprint density at radius 3 is 2.24 bits per heavy atom. The fourth-order valence-corrected chi connectivity index (χ4v) is 4.82. The number of amides is 1. The molecule has 2 aromatic carbocycles.